The number of hydrogen-bond acceptors (Lipinski definition) is 3. The number of nitrogens with zero attached hydrogens (tertiary/aromatic N) is 1. The molecule has 0 fully saturated rings. The van der Waals surface area contributed by atoms with Crippen LogP contribution < -0.4 is 0 Å². The summed E-state index contributed by atoms with van der Waals surface area (Å²) in [6.45, 7) is 0. The molecular weight excluding hydrogens is 291 g/mol. The Labute approximate surface area is 86.7 Å². The van der Waals surface area contributed by atoms with E-state index in [2.05, 4.69) is 0 Å². The van der Waals surface area contributed by atoms with E-state index in [0.717, 1.165) is 6.07 Å². The molecule has 1 rings (SSSR count). The minimum absolute atomic E-state index is 0.0767. The van der Waals surface area contributed by atoms with Crippen molar-refractivity contribution >= 4 is 34.2 Å². The Hall–Kier alpha value is -1.18. The molecule has 0 heterocycles. The second-order valence-corrected chi connectivity index (χ2v) is 3.39. The number of nitro groups is 1. The second kappa shape index (κ2) is 3.69. The van der Waals surface area contributed by atoms with Crippen molar-refractivity contribution in [2.24, 2.45) is 0 Å². The van der Waals surface area contributed by atoms with Gasteiger partial charge < -0.3 is 5.11 Å². The Kier molecular flexibility index (Phi) is 2.81. The monoisotopic (exact) mass is 295 g/mol. The zero-order valence-corrected chi connectivity index (χ0v) is 8.39. The fourth-order valence-corrected chi connectivity index (χ4v) is 1.32. The molecule has 0 unspecified atom stereocenters. The maximum absolute atomic E-state index is 10.5. The van der Waals surface area contributed by atoms with Crippen LogP contribution in [0.4, 0.5) is 5.69 Å². The molecule has 1 aromatic rings. The van der Waals surface area contributed by atoms with Crippen molar-refractivity contribution in [3.8, 4) is 0 Å². The van der Waals surface area contributed by atoms with E-state index in [1.165, 1.54) is 12.1 Å². The molecule has 68 valence electrons. The number of halogens is 1. The third-order valence-electron chi connectivity index (χ3n) is 1.39. The van der Waals surface area contributed by atoms with Crippen molar-refractivity contribution in [3.05, 3.63) is 37.4 Å². The molecule has 0 saturated heterocycles. The summed E-state index contributed by atoms with van der Waals surface area (Å²) in [6.07, 6.45) is 0. The fourth-order valence-electron chi connectivity index (χ4n) is 0.786. The number of carbonyl (C=O) groups is 1. The van der Waals surface area contributed by atoms with Gasteiger partial charge in [-0.05, 0) is 34.7 Å². The lowest BCUT2D eigenvalue weighted by molar-refractivity contribution is -0.385. The van der Waals surface area contributed by atoms with Crippen molar-refractivity contribution in [2.45, 2.75) is 0 Å². The smallest absolute Gasteiger partial charge is 0.335 e. The number of nitro benzene ring substituents is 1. The van der Waals surface area contributed by atoms with Gasteiger partial charge in [-0.1, -0.05) is 0 Å². The summed E-state index contributed by atoms with van der Waals surface area (Å²) < 4.78 is 0.424. The largest absolute Gasteiger partial charge is 0.478 e. The van der Waals surface area contributed by atoms with Gasteiger partial charge in [0.2, 0.25) is 0 Å². The van der Waals surface area contributed by atoms with Crippen LogP contribution in [0.3, 0.4) is 0 Å². The second-order valence-electron chi connectivity index (χ2n) is 2.23. The number of hydrogen-bond donors (Lipinski definition) is 1. The summed E-state index contributed by atoms with van der Waals surface area (Å²) in [5, 5.41) is 19.0. The third kappa shape index (κ3) is 2.14. The molecule has 0 amide bonds. The zero-order chi connectivity index (χ0) is 10.0. The molecule has 0 radical (unpaired) electrons. The van der Waals surface area contributed by atoms with Gasteiger partial charge in [0, 0.05) is 6.07 Å². The summed E-state index contributed by atoms with van der Waals surface area (Å²) in [4.78, 5) is 20.3. The quantitative estimate of drug-likeness (QED) is 0.513. The lowest BCUT2D eigenvalue weighted by Gasteiger charge is -1.96. The van der Waals surface area contributed by atoms with Gasteiger partial charge in [-0.3, -0.25) is 10.1 Å². The van der Waals surface area contributed by atoms with E-state index in [-0.39, 0.29) is 11.3 Å². The number of benzene rings is 1. The number of aromatic carboxylic acids is 1. The average Bonchev–Trinajstić information content (AvgIpc) is 2.04. The zero-order valence-electron chi connectivity index (χ0n) is 6.23. The van der Waals surface area contributed by atoms with E-state index in [0.29, 0.717) is 3.57 Å². The molecule has 0 atom stereocenters. The van der Waals surface area contributed by atoms with E-state index in [9.17, 15) is 14.9 Å². The van der Waals surface area contributed by atoms with Crippen molar-refractivity contribution in [2.75, 3.05) is 0 Å². The van der Waals surface area contributed by atoms with Crippen molar-refractivity contribution in [1.82, 2.24) is 0 Å². The summed E-state index contributed by atoms with van der Waals surface area (Å²) in [5.41, 5.74) is -0.257. The van der Waals surface area contributed by atoms with Crippen molar-refractivity contribution in [1.29, 1.82) is 0 Å². The van der Waals surface area contributed by atoms with Crippen LogP contribution in [-0.2, 0) is 0 Å². The molecule has 5 nitrogen and oxygen atoms in total. The van der Waals surface area contributed by atoms with Crippen LogP contribution in [0.1, 0.15) is 10.4 Å². The Morgan fingerprint density at radius 2 is 2.15 bits per heavy atom. The number of rotatable bonds is 2. The maximum atomic E-state index is 10.5. The molecule has 0 aromatic heterocycles. The summed E-state index contributed by atoms with van der Waals surface area (Å²) >= 11 is 1.78. The predicted octanol–water partition coefficient (Wildman–Crippen LogP) is 1.90. The van der Waals surface area contributed by atoms with E-state index >= 15 is 0 Å². The molecule has 6 heteroatoms. The van der Waals surface area contributed by atoms with E-state index in [4.69, 9.17) is 5.11 Å². The molecule has 13 heavy (non-hydrogen) atoms. The Bertz CT molecular complexity index is 377. The van der Waals surface area contributed by atoms with Gasteiger partial charge in [-0.15, -0.1) is 0 Å². The highest BCUT2D eigenvalue weighted by Gasteiger charge is 2.14. The fraction of sp³-hybridized carbons (Fsp3) is 0. The Balaban J connectivity index is 3.27. The van der Waals surface area contributed by atoms with Crippen LogP contribution in [0.15, 0.2) is 18.2 Å². The van der Waals surface area contributed by atoms with Crippen LogP contribution in [0.25, 0.3) is 0 Å². The molecular formula is C7H4INO4. The summed E-state index contributed by atoms with van der Waals surface area (Å²) in [7, 11) is 0. The minimum Gasteiger partial charge on any atom is -0.478 e. The molecule has 1 aromatic carbocycles. The maximum Gasteiger partial charge on any atom is 0.335 e. The van der Waals surface area contributed by atoms with Crippen LogP contribution in [0, 0.1) is 13.7 Å². The van der Waals surface area contributed by atoms with Gasteiger partial charge in [0.25, 0.3) is 5.69 Å². The van der Waals surface area contributed by atoms with Gasteiger partial charge in [0.1, 0.15) is 0 Å². The first kappa shape index (κ1) is 9.90. The van der Waals surface area contributed by atoms with Crippen LogP contribution in [-0.4, -0.2) is 16.0 Å². The molecule has 0 spiro atoms. The highest BCUT2D eigenvalue weighted by Crippen LogP contribution is 2.21. The third-order valence-corrected chi connectivity index (χ3v) is 2.30. The summed E-state index contributed by atoms with van der Waals surface area (Å²) in [6, 6.07) is 3.78. The lowest BCUT2D eigenvalue weighted by atomic mass is 10.3. The summed E-state index contributed by atoms with van der Waals surface area (Å²) in [5.74, 6) is -1.17. The first-order valence-corrected chi connectivity index (χ1v) is 4.27. The average molecular weight is 295 g/mol. The van der Waals surface area contributed by atoms with E-state index < -0.39 is 10.9 Å². The first-order chi connectivity index (χ1) is 6.02. The standard InChI is InChI=1S/C7H4INO4/c8-5-2-1-4(7(10)11)3-6(5)9(12)13/h1-3H,(H,10,11)/i7+2. The molecule has 0 aliphatic heterocycles. The van der Waals surface area contributed by atoms with Crippen LogP contribution in [0.2, 0.25) is 0 Å². The van der Waals surface area contributed by atoms with Gasteiger partial charge in [-0.2, -0.15) is 0 Å². The Morgan fingerprint density at radius 1 is 1.54 bits per heavy atom. The molecule has 0 bridgehead atoms. The number of carboxylic acids is 1. The topological polar surface area (TPSA) is 80.4 Å². The minimum atomic E-state index is -1.17. The highest BCUT2D eigenvalue weighted by atomic mass is 127. The molecule has 0 aliphatic rings. The normalized spacial score (nSPS) is 9.62. The SMILES string of the molecule is O=[14C](O)c1ccc(I)c([N+](=O)[O-])c1. The lowest BCUT2D eigenvalue weighted by Crippen LogP contribution is -1.99. The molecule has 0 aliphatic carbocycles. The predicted molar refractivity (Wildman–Crippen MR) is 52.8 cm³/mol. The van der Waals surface area contributed by atoms with Crippen molar-refractivity contribution < 1.29 is 14.8 Å². The van der Waals surface area contributed by atoms with E-state index in [1.807, 2.05) is 0 Å². The molecule has 0 saturated carbocycles. The van der Waals surface area contributed by atoms with Gasteiger partial charge in [0.15, 0.2) is 0 Å². The van der Waals surface area contributed by atoms with Crippen LogP contribution in [0.5, 0.6) is 0 Å². The van der Waals surface area contributed by atoms with Gasteiger partial charge in [-0.25, -0.2) is 4.79 Å². The van der Waals surface area contributed by atoms with Crippen LogP contribution >= 0.6 is 22.6 Å². The van der Waals surface area contributed by atoms with E-state index in [1.54, 1.807) is 22.6 Å². The molecule has 1 N–H and O–H groups in total. The highest BCUT2D eigenvalue weighted by molar-refractivity contribution is 14.1. The van der Waals surface area contributed by atoms with Gasteiger partial charge >= 0.3 is 5.97 Å². The first-order valence-electron chi connectivity index (χ1n) is 3.19. The number of carboxylic acid groups (broad SMARTS) is 1. The van der Waals surface area contributed by atoms with Crippen molar-refractivity contribution in [3.63, 3.8) is 0 Å². The Morgan fingerprint density at radius 3 is 2.62 bits per heavy atom. The van der Waals surface area contributed by atoms with Gasteiger partial charge in [0.05, 0.1) is 14.1 Å².